The van der Waals surface area contributed by atoms with Crippen molar-refractivity contribution < 1.29 is 9.90 Å². The predicted molar refractivity (Wildman–Crippen MR) is 80.1 cm³/mol. The molecule has 1 fully saturated rings. The lowest BCUT2D eigenvalue weighted by atomic mass is 9.96. The fourth-order valence-electron chi connectivity index (χ4n) is 2.35. The largest absolute Gasteiger partial charge is 0.395 e. The molecule has 0 bridgehead atoms. The summed E-state index contributed by atoms with van der Waals surface area (Å²) in [6.07, 6.45) is 2.25. The van der Waals surface area contributed by atoms with Gasteiger partial charge in [-0.05, 0) is 32.0 Å². The normalized spacial score (nSPS) is 16.6. The van der Waals surface area contributed by atoms with Gasteiger partial charge < -0.3 is 10.8 Å². The summed E-state index contributed by atoms with van der Waals surface area (Å²) in [5, 5.41) is 10.7. The molecule has 1 saturated heterocycles. The number of hydrogen-bond acceptors (Lipinski definition) is 4. The molecule has 3 N–H and O–H groups in total. The van der Waals surface area contributed by atoms with E-state index in [1.807, 2.05) is 0 Å². The minimum atomic E-state index is -0.165. The minimum absolute atomic E-state index is 0.0505. The Morgan fingerprint density at radius 1 is 1.50 bits per heavy atom. The van der Waals surface area contributed by atoms with Gasteiger partial charge in [0, 0.05) is 34.7 Å². The van der Waals surface area contributed by atoms with Crippen LogP contribution in [0.25, 0.3) is 0 Å². The van der Waals surface area contributed by atoms with E-state index >= 15 is 0 Å². The number of thiophene rings is 1. The molecule has 0 unspecified atom stereocenters. The second-order valence-corrected chi connectivity index (χ2v) is 6.03. The van der Waals surface area contributed by atoms with Gasteiger partial charge in [0.25, 0.3) is 0 Å². The maximum Gasteiger partial charge on any atom is 0.220 e. The number of rotatable bonds is 4. The molecule has 5 heteroatoms. The lowest BCUT2D eigenvalue weighted by Crippen LogP contribution is -2.37. The molecule has 2 heterocycles. The molecular formula is C15H20N2O2S. The third-order valence-corrected chi connectivity index (χ3v) is 4.41. The highest BCUT2D eigenvalue weighted by molar-refractivity contribution is 7.10. The molecule has 0 spiro atoms. The maximum absolute atomic E-state index is 11.1. The van der Waals surface area contributed by atoms with Gasteiger partial charge in [-0.3, -0.25) is 9.69 Å². The van der Waals surface area contributed by atoms with E-state index in [4.69, 9.17) is 10.8 Å². The molecule has 20 heavy (non-hydrogen) atoms. The number of nitrogens with zero attached hydrogens (tertiary/aromatic N) is 1. The number of amides is 1. The van der Waals surface area contributed by atoms with Crippen LogP contribution < -0.4 is 5.73 Å². The van der Waals surface area contributed by atoms with Gasteiger partial charge in [0.2, 0.25) is 5.91 Å². The molecule has 0 atom stereocenters. The van der Waals surface area contributed by atoms with Crippen LogP contribution in [0.2, 0.25) is 0 Å². The Balaban J connectivity index is 1.83. The van der Waals surface area contributed by atoms with E-state index in [0.29, 0.717) is 6.42 Å². The van der Waals surface area contributed by atoms with Crippen molar-refractivity contribution in [3.63, 3.8) is 0 Å². The van der Waals surface area contributed by atoms with Crippen LogP contribution in [0.1, 0.15) is 29.7 Å². The molecule has 0 saturated carbocycles. The van der Waals surface area contributed by atoms with Crippen molar-refractivity contribution in [2.24, 2.45) is 11.7 Å². The quantitative estimate of drug-likeness (QED) is 0.819. The van der Waals surface area contributed by atoms with Crippen molar-refractivity contribution in [1.29, 1.82) is 0 Å². The van der Waals surface area contributed by atoms with Crippen molar-refractivity contribution in [3.05, 3.63) is 21.9 Å². The highest BCUT2D eigenvalue weighted by Gasteiger charge is 2.23. The van der Waals surface area contributed by atoms with E-state index in [2.05, 4.69) is 28.2 Å². The first-order valence-corrected chi connectivity index (χ1v) is 7.76. The number of carbonyl (C=O) groups excluding carboxylic acids is 1. The monoisotopic (exact) mass is 292 g/mol. The van der Waals surface area contributed by atoms with Crippen LogP contribution in [0.4, 0.5) is 0 Å². The van der Waals surface area contributed by atoms with E-state index in [0.717, 1.165) is 38.0 Å². The minimum Gasteiger partial charge on any atom is -0.395 e. The van der Waals surface area contributed by atoms with Gasteiger partial charge in [0.1, 0.15) is 0 Å². The Morgan fingerprint density at radius 3 is 2.90 bits per heavy atom. The van der Waals surface area contributed by atoms with Crippen molar-refractivity contribution in [2.75, 3.05) is 19.7 Å². The molecule has 1 aliphatic rings. The molecule has 1 aliphatic heterocycles. The number of likely N-dealkylation sites (tertiary alicyclic amines) is 1. The zero-order chi connectivity index (χ0) is 14.4. The maximum atomic E-state index is 11.1. The first kappa shape index (κ1) is 15.0. The molecule has 1 aromatic rings. The molecule has 2 rings (SSSR count). The van der Waals surface area contributed by atoms with Crippen LogP contribution in [0, 0.1) is 17.8 Å². The van der Waals surface area contributed by atoms with Crippen LogP contribution in [0.3, 0.4) is 0 Å². The summed E-state index contributed by atoms with van der Waals surface area (Å²) in [7, 11) is 0. The van der Waals surface area contributed by atoms with E-state index < -0.39 is 0 Å². The summed E-state index contributed by atoms with van der Waals surface area (Å²) < 4.78 is 0. The third-order valence-electron chi connectivity index (χ3n) is 3.49. The molecule has 1 amide bonds. The standard InChI is InChI=1S/C15H20N2O2S/c16-15(19)13-4-6-17(7-5-13)10-14-9-12(11-20-14)3-1-2-8-18/h9,11,13,18H,2,4-8,10H2,(H2,16,19). The Bertz CT molecular complexity index is 507. The van der Waals surface area contributed by atoms with Gasteiger partial charge in [-0.15, -0.1) is 11.3 Å². The van der Waals surface area contributed by atoms with Crippen LogP contribution in [-0.4, -0.2) is 35.6 Å². The molecule has 0 radical (unpaired) electrons. The van der Waals surface area contributed by atoms with Gasteiger partial charge in [-0.2, -0.15) is 0 Å². The van der Waals surface area contributed by atoms with Crippen molar-refractivity contribution >= 4 is 17.2 Å². The average molecular weight is 292 g/mol. The summed E-state index contributed by atoms with van der Waals surface area (Å²) in [6.45, 7) is 2.88. The van der Waals surface area contributed by atoms with Gasteiger partial charge in [-0.25, -0.2) is 0 Å². The number of nitrogens with two attached hydrogens (primary N) is 1. The summed E-state index contributed by atoms with van der Waals surface area (Å²) in [5.74, 6) is 5.86. The van der Waals surface area contributed by atoms with Crippen molar-refractivity contribution in [1.82, 2.24) is 4.90 Å². The fourth-order valence-corrected chi connectivity index (χ4v) is 3.20. The van der Waals surface area contributed by atoms with Crippen molar-refractivity contribution in [2.45, 2.75) is 25.8 Å². The van der Waals surface area contributed by atoms with Crippen molar-refractivity contribution in [3.8, 4) is 11.8 Å². The summed E-state index contributed by atoms with van der Waals surface area (Å²) in [6, 6.07) is 2.11. The smallest absolute Gasteiger partial charge is 0.220 e. The molecule has 0 aliphatic carbocycles. The molecule has 0 aromatic carbocycles. The number of carbonyl (C=O) groups is 1. The Hall–Kier alpha value is -1.35. The van der Waals surface area contributed by atoms with E-state index in [9.17, 15) is 4.79 Å². The number of primary amides is 1. The topological polar surface area (TPSA) is 66.6 Å². The highest BCUT2D eigenvalue weighted by Crippen LogP contribution is 2.21. The van der Waals surface area contributed by atoms with E-state index in [1.165, 1.54) is 4.88 Å². The highest BCUT2D eigenvalue weighted by atomic mass is 32.1. The average Bonchev–Trinajstić information content (AvgIpc) is 2.87. The summed E-state index contributed by atoms with van der Waals surface area (Å²) in [4.78, 5) is 14.8. The fraction of sp³-hybridized carbons (Fsp3) is 0.533. The Labute approximate surface area is 123 Å². The summed E-state index contributed by atoms with van der Waals surface area (Å²) >= 11 is 1.71. The summed E-state index contributed by atoms with van der Waals surface area (Å²) in [5.41, 5.74) is 6.36. The van der Waals surface area contributed by atoms with Gasteiger partial charge in [0.15, 0.2) is 0 Å². The lowest BCUT2D eigenvalue weighted by molar-refractivity contribution is -0.123. The SMILES string of the molecule is NC(=O)C1CCN(Cc2cc(C#CCCO)cs2)CC1. The molecule has 4 nitrogen and oxygen atoms in total. The second kappa shape index (κ2) is 7.44. The zero-order valence-corrected chi connectivity index (χ0v) is 12.3. The number of aliphatic hydroxyl groups excluding tert-OH is 1. The number of hydrogen-bond donors (Lipinski definition) is 2. The molecular weight excluding hydrogens is 272 g/mol. The van der Waals surface area contributed by atoms with Crippen LogP contribution in [0.15, 0.2) is 11.4 Å². The zero-order valence-electron chi connectivity index (χ0n) is 11.5. The van der Waals surface area contributed by atoms with E-state index in [-0.39, 0.29) is 18.4 Å². The van der Waals surface area contributed by atoms with Crippen LogP contribution in [-0.2, 0) is 11.3 Å². The Kier molecular flexibility index (Phi) is 5.60. The first-order chi connectivity index (χ1) is 9.69. The Morgan fingerprint density at radius 2 is 2.25 bits per heavy atom. The number of aliphatic hydroxyl groups is 1. The van der Waals surface area contributed by atoms with Gasteiger partial charge in [0.05, 0.1) is 6.61 Å². The third kappa shape index (κ3) is 4.34. The van der Waals surface area contributed by atoms with Gasteiger partial charge in [-0.1, -0.05) is 11.8 Å². The van der Waals surface area contributed by atoms with Crippen LogP contribution >= 0.6 is 11.3 Å². The van der Waals surface area contributed by atoms with E-state index in [1.54, 1.807) is 11.3 Å². The number of piperidine rings is 1. The molecule has 1 aromatic heterocycles. The van der Waals surface area contributed by atoms with Gasteiger partial charge >= 0.3 is 0 Å². The molecule has 108 valence electrons. The van der Waals surface area contributed by atoms with Crippen LogP contribution in [0.5, 0.6) is 0 Å². The lowest BCUT2D eigenvalue weighted by Gasteiger charge is -2.29. The predicted octanol–water partition coefficient (Wildman–Crippen LogP) is 1.18. The second-order valence-electron chi connectivity index (χ2n) is 5.03. The first-order valence-electron chi connectivity index (χ1n) is 6.88.